The summed E-state index contributed by atoms with van der Waals surface area (Å²) in [5.74, 6) is 0.546. The first-order valence-corrected chi connectivity index (χ1v) is 8.16. The lowest BCUT2D eigenvalue weighted by atomic mass is 9.89. The van der Waals surface area contributed by atoms with E-state index in [0.29, 0.717) is 5.69 Å². The van der Waals surface area contributed by atoms with E-state index in [0.717, 1.165) is 35.3 Å². The van der Waals surface area contributed by atoms with Gasteiger partial charge in [-0.25, -0.2) is 0 Å². The molecule has 1 atom stereocenters. The predicted octanol–water partition coefficient (Wildman–Crippen LogP) is 3.93. The van der Waals surface area contributed by atoms with E-state index in [1.165, 1.54) is 5.56 Å². The highest BCUT2D eigenvalue weighted by atomic mass is 16.5. The number of hydrogen-bond donors (Lipinski definition) is 1. The molecule has 4 heteroatoms. The van der Waals surface area contributed by atoms with Crippen molar-refractivity contribution in [1.29, 1.82) is 0 Å². The summed E-state index contributed by atoms with van der Waals surface area (Å²) < 4.78 is 5.51. The molecule has 0 spiro atoms. The molecular weight excluding hydrogens is 300 g/mol. The predicted molar refractivity (Wildman–Crippen MR) is 91.7 cm³/mol. The van der Waals surface area contributed by atoms with Crippen molar-refractivity contribution in [3.05, 3.63) is 77.0 Å². The fourth-order valence-corrected chi connectivity index (χ4v) is 3.24. The second-order valence-corrected chi connectivity index (χ2v) is 6.10. The van der Waals surface area contributed by atoms with Crippen molar-refractivity contribution in [3.63, 3.8) is 0 Å². The van der Waals surface area contributed by atoms with Gasteiger partial charge in [0.2, 0.25) is 0 Å². The molecule has 24 heavy (non-hydrogen) atoms. The molecule has 1 aliphatic carbocycles. The van der Waals surface area contributed by atoms with Crippen LogP contribution in [0, 0.1) is 0 Å². The molecule has 0 saturated carbocycles. The third-order valence-corrected chi connectivity index (χ3v) is 4.56. The number of amides is 1. The Balaban J connectivity index is 1.60. The lowest BCUT2D eigenvalue weighted by molar-refractivity contribution is 0.0930. The molecule has 0 bridgehead atoms. The molecule has 1 unspecified atom stereocenters. The molecule has 1 heterocycles. The van der Waals surface area contributed by atoms with Crippen LogP contribution in [0.2, 0.25) is 0 Å². The normalized spacial score (nSPS) is 13.7. The number of aromatic nitrogens is 1. The standard InChI is InChI=1S/C20H18N2O2/c1-13(14-7-3-2-4-8-14)21-20(23)18-17-12-11-15-9-5-6-10-16(15)19(17)24-22-18/h2-10,13H,11-12H2,1H3,(H,21,23). The summed E-state index contributed by atoms with van der Waals surface area (Å²) >= 11 is 0. The molecule has 0 radical (unpaired) electrons. The van der Waals surface area contributed by atoms with Gasteiger partial charge in [-0.05, 0) is 30.9 Å². The van der Waals surface area contributed by atoms with Crippen LogP contribution in [0.1, 0.15) is 40.1 Å². The Hall–Kier alpha value is -2.88. The fourth-order valence-electron chi connectivity index (χ4n) is 3.24. The zero-order valence-electron chi connectivity index (χ0n) is 13.5. The SMILES string of the molecule is CC(NC(=O)c1noc2c1CCc1ccccc1-2)c1ccccc1. The molecule has 3 aromatic rings. The first-order valence-electron chi connectivity index (χ1n) is 8.16. The van der Waals surface area contributed by atoms with E-state index >= 15 is 0 Å². The van der Waals surface area contributed by atoms with Crippen molar-refractivity contribution in [3.8, 4) is 11.3 Å². The Morgan fingerprint density at radius 2 is 1.83 bits per heavy atom. The number of carbonyl (C=O) groups excluding carboxylic acids is 1. The molecule has 4 rings (SSSR count). The fraction of sp³-hybridized carbons (Fsp3) is 0.200. The van der Waals surface area contributed by atoms with Crippen molar-refractivity contribution in [2.45, 2.75) is 25.8 Å². The van der Waals surface area contributed by atoms with Gasteiger partial charge in [0.25, 0.3) is 5.91 Å². The van der Waals surface area contributed by atoms with Crippen LogP contribution in [-0.2, 0) is 12.8 Å². The van der Waals surface area contributed by atoms with Crippen LogP contribution < -0.4 is 5.32 Å². The van der Waals surface area contributed by atoms with E-state index in [-0.39, 0.29) is 11.9 Å². The van der Waals surface area contributed by atoms with Crippen LogP contribution in [0.5, 0.6) is 0 Å². The highest BCUT2D eigenvalue weighted by Gasteiger charge is 2.27. The molecule has 1 N–H and O–H groups in total. The van der Waals surface area contributed by atoms with Gasteiger partial charge in [0.05, 0.1) is 6.04 Å². The molecule has 120 valence electrons. The molecule has 1 aliphatic rings. The molecule has 2 aromatic carbocycles. The highest BCUT2D eigenvalue weighted by Crippen LogP contribution is 2.35. The van der Waals surface area contributed by atoms with E-state index in [1.807, 2.05) is 55.5 Å². The molecule has 4 nitrogen and oxygen atoms in total. The number of nitrogens with one attached hydrogen (secondary N) is 1. The molecule has 1 aromatic heterocycles. The van der Waals surface area contributed by atoms with Gasteiger partial charge in [-0.2, -0.15) is 0 Å². The van der Waals surface area contributed by atoms with Gasteiger partial charge in [0.15, 0.2) is 11.5 Å². The van der Waals surface area contributed by atoms with Gasteiger partial charge >= 0.3 is 0 Å². The van der Waals surface area contributed by atoms with Gasteiger partial charge in [0, 0.05) is 11.1 Å². The summed E-state index contributed by atoms with van der Waals surface area (Å²) in [4.78, 5) is 12.6. The molecular formula is C20H18N2O2. The lowest BCUT2D eigenvalue weighted by Gasteiger charge is -2.16. The zero-order chi connectivity index (χ0) is 16.5. The number of hydrogen-bond acceptors (Lipinski definition) is 3. The minimum Gasteiger partial charge on any atom is -0.355 e. The average Bonchev–Trinajstić information content (AvgIpc) is 3.07. The molecule has 0 fully saturated rings. The zero-order valence-corrected chi connectivity index (χ0v) is 13.5. The van der Waals surface area contributed by atoms with Crippen LogP contribution in [-0.4, -0.2) is 11.1 Å². The van der Waals surface area contributed by atoms with Gasteiger partial charge in [-0.15, -0.1) is 0 Å². The van der Waals surface area contributed by atoms with E-state index in [4.69, 9.17) is 4.52 Å². The smallest absolute Gasteiger partial charge is 0.274 e. The van der Waals surface area contributed by atoms with Crippen LogP contribution in [0.15, 0.2) is 59.1 Å². The monoisotopic (exact) mass is 318 g/mol. The van der Waals surface area contributed by atoms with Crippen molar-refractivity contribution in [2.24, 2.45) is 0 Å². The van der Waals surface area contributed by atoms with E-state index in [1.54, 1.807) is 0 Å². The minimum atomic E-state index is -0.185. The maximum atomic E-state index is 12.6. The minimum absolute atomic E-state index is 0.0815. The molecule has 0 aliphatic heterocycles. The Labute approximate surface area is 140 Å². The number of nitrogens with zero attached hydrogens (tertiary/aromatic N) is 1. The van der Waals surface area contributed by atoms with Gasteiger partial charge < -0.3 is 9.84 Å². The third kappa shape index (κ3) is 2.50. The van der Waals surface area contributed by atoms with Crippen LogP contribution in [0.4, 0.5) is 0 Å². The summed E-state index contributed by atoms with van der Waals surface area (Å²) in [6, 6.07) is 17.9. The van der Waals surface area contributed by atoms with Gasteiger partial charge in [-0.3, -0.25) is 4.79 Å². The highest BCUT2D eigenvalue weighted by molar-refractivity contribution is 5.95. The Kier molecular flexibility index (Phi) is 3.65. The second kappa shape index (κ2) is 5.96. The Morgan fingerprint density at radius 1 is 1.08 bits per heavy atom. The van der Waals surface area contributed by atoms with Crippen molar-refractivity contribution in [1.82, 2.24) is 10.5 Å². The summed E-state index contributed by atoms with van der Waals surface area (Å²) in [7, 11) is 0. The Morgan fingerprint density at radius 3 is 2.67 bits per heavy atom. The quantitative estimate of drug-likeness (QED) is 0.796. The third-order valence-electron chi connectivity index (χ3n) is 4.56. The lowest BCUT2D eigenvalue weighted by Crippen LogP contribution is -2.28. The van der Waals surface area contributed by atoms with E-state index in [9.17, 15) is 4.79 Å². The summed E-state index contributed by atoms with van der Waals surface area (Å²) in [5.41, 5.74) is 4.66. The largest absolute Gasteiger partial charge is 0.355 e. The first-order chi connectivity index (χ1) is 11.7. The van der Waals surface area contributed by atoms with Crippen LogP contribution in [0.3, 0.4) is 0 Å². The first kappa shape index (κ1) is 14.7. The maximum Gasteiger partial charge on any atom is 0.274 e. The van der Waals surface area contributed by atoms with Crippen LogP contribution >= 0.6 is 0 Å². The van der Waals surface area contributed by atoms with Crippen molar-refractivity contribution >= 4 is 5.91 Å². The molecule has 0 saturated heterocycles. The number of fused-ring (bicyclic) bond motifs is 3. The summed E-state index contributed by atoms with van der Waals surface area (Å²) in [5, 5.41) is 7.07. The van der Waals surface area contributed by atoms with Crippen LogP contribution in [0.25, 0.3) is 11.3 Å². The summed E-state index contributed by atoms with van der Waals surface area (Å²) in [6.07, 6.45) is 1.68. The number of rotatable bonds is 3. The number of carbonyl (C=O) groups is 1. The topological polar surface area (TPSA) is 55.1 Å². The average molecular weight is 318 g/mol. The molecule has 1 amide bonds. The van der Waals surface area contributed by atoms with E-state index in [2.05, 4.69) is 16.5 Å². The second-order valence-electron chi connectivity index (χ2n) is 6.10. The van der Waals surface area contributed by atoms with Gasteiger partial charge in [-0.1, -0.05) is 59.8 Å². The van der Waals surface area contributed by atoms with Crippen molar-refractivity contribution < 1.29 is 9.32 Å². The Bertz CT molecular complexity index is 884. The summed E-state index contributed by atoms with van der Waals surface area (Å²) in [6.45, 7) is 1.97. The van der Waals surface area contributed by atoms with Gasteiger partial charge in [0.1, 0.15) is 0 Å². The number of benzene rings is 2. The maximum absolute atomic E-state index is 12.6. The van der Waals surface area contributed by atoms with E-state index < -0.39 is 0 Å². The van der Waals surface area contributed by atoms with Crippen molar-refractivity contribution in [2.75, 3.05) is 0 Å². The number of aryl methyl sites for hydroxylation is 1.